The summed E-state index contributed by atoms with van der Waals surface area (Å²) in [4.78, 5) is 12.9. The van der Waals surface area contributed by atoms with Gasteiger partial charge in [-0.15, -0.1) is 0 Å². The van der Waals surface area contributed by atoms with Crippen LogP contribution in [0.5, 0.6) is 0 Å². The molecular weight excluding hydrogens is 130 g/mol. The molecule has 0 spiro atoms. The molecule has 2 saturated heterocycles. The number of hydrogen-bond donors (Lipinski definition) is 1. The number of carbonyl (C=O) groups is 1. The van der Waals surface area contributed by atoms with Crippen LogP contribution in [0.2, 0.25) is 0 Å². The van der Waals surface area contributed by atoms with Crippen molar-refractivity contribution in [1.82, 2.24) is 4.90 Å². The molecule has 2 heterocycles. The second kappa shape index (κ2) is 1.95. The molecular formula is C7H11NO2. The van der Waals surface area contributed by atoms with Crippen molar-refractivity contribution < 1.29 is 9.90 Å². The Morgan fingerprint density at radius 3 is 3.10 bits per heavy atom. The van der Waals surface area contributed by atoms with Crippen molar-refractivity contribution in [2.75, 3.05) is 6.54 Å². The first kappa shape index (κ1) is 6.16. The van der Waals surface area contributed by atoms with E-state index in [1.807, 2.05) is 4.90 Å². The van der Waals surface area contributed by atoms with E-state index in [0.29, 0.717) is 12.5 Å². The lowest BCUT2D eigenvalue weighted by Crippen LogP contribution is -2.29. The molecule has 10 heavy (non-hydrogen) atoms. The largest absolute Gasteiger partial charge is 0.383 e. The zero-order valence-corrected chi connectivity index (χ0v) is 5.79. The van der Waals surface area contributed by atoms with Gasteiger partial charge in [-0.3, -0.25) is 4.79 Å². The molecule has 2 unspecified atom stereocenters. The van der Waals surface area contributed by atoms with Crippen LogP contribution < -0.4 is 0 Å². The fourth-order valence-electron chi connectivity index (χ4n) is 1.92. The van der Waals surface area contributed by atoms with Crippen LogP contribution in [0.15, 0.2) is 0 Å². The van der Waals surface area contributed by atoms with Gasteiger partial charge in [-0.25, -0.2) is 0 Å². The fourth-order valence-corrected chi connectivity index (χ4v) is 1.92. The maximum absolute atomic E-state index is 11.1. The van der Waals surface area contributed by atoms with Gasteiger partial charge in [0, 0.05) is 19.0 Å². The smallest absolute Gasteiger partial charge is 0.251 e. The zero-order valence-electron chi connectivity index (χ0n) is 5.79. The van der Waals surface area contributed by atoms with Gasteiger partial charge >= 0.3 is 0 Å². The first-order valence-corrected chi connectivity index (χ1v) is 3.77. The molecule has 2 aliphatic heterocycles. The third-order valence-corrected chi connectivity index (χ3v) is 2.44. The summed E-state index contributed by atoms with van der Waals surface area (Å²) in [5.74, 6) is -0.0532. The number of aliphatic hydroxyl groups excluding tert-OH is 1. The van der Waals surface area contributed by atoms with E-state index in [-0.39, 0.29) is 5.91 Å². The molecule has 3 heteroatoms. The van der Waals surface area contributed by atoms with Crippen molar-refractivity contribution in [2.45, 2.75) is 31.4 Å². The predicted octanol–water partition coefficient (Wildman–Crippen LogP) is -0.258. The quantitative estimate of drug-likeness (QED) is 0.505. The van der Waals surface area contributed by atoms with Crippen LogP contribution in [-0.2, 0) is 4.79 Å². The molecule has 0 aromatic carbocycles. The van der Waals surface area contributed by atoms with E-state index in [4.69, 9.17) is 5.11 Å². The van der Waals surface area contributed by atoms with E-state index in [0.717, 1.165) is 19.4 Å². The summed E-state index contributed by atoms with van der Waals surface area (Å²) in [7, 11) is 0. The van der Waals surface area contributed by atoms with Crippen molar-refractivity contribution >= 4 is 5.91 Å². The molecule has 1 amide bonds. The summed E-state index contributed by atoms with van der Waals surface area (Å²) in [6.45, 7) is 0.862. The number of fused-ring (bicyclic) bond motifs is 1. The average molecular weight is 141 g/mol. The Morgan fingerprint density at radius 1 is 1.60 bits per heavy atom. The monoisotopic (exact) mass is 141 g/mol. The van der Waals surface area contributed by atoms with E-state index in [1.165, 1.54) is 0 Å². The first-order valence-electron chi connectivity index (χ1n) is 3.77. The molecule has 0 bridgehead atoms. The molecule has 0 aromatic heterocycles. The highest BCUT2D eigenvalue weighted by atomic mass is 16.3. The minimum atomic E-state index is -0.690. The van der Waals surface area contributed by atoms with Crippen molar-refractivity contribution in [3.63, 3.8) is 0 Å². The number of hydrogen-bond acceptors (Lipinski definition) is 2. The summed E-state index contributed by atoms with van der Waals surface area (Å²) in [5, 5.41) is 9.11. The van der Waals surface area contributed by atoms with Crippen LogP contribution in [-0.4, -0.2) is 34.6 Å². The molecule has 0 radical (unpaired) electrons. The Labute approximate surface area is 59.6 Å². The van der Waals surface area contributed by atoms with Crippen LogP contribution in [0.4, 0.5) is 0 Å². The van der Waals surface area contributed by atoms with Gasteiger partial charge in [-0.05, 0) is 12.8 Å². The molecule has 1 N–H and O–H groups in total. The van der Waals surface area contributed by atoms with Crippen LogP contribution in [0.25, 0.3) is 0 Å². The summed E-state index contributed by atoms with van der Waals surface area (Å²) in [6.07, 6.45) is 2.18. The van der Waals surface area contributed by atoms with Gasteiger partial charge < -0.3 is 10.0 Å². The summed E-state index contributed by atoms with van der Waals surface area (Å²) < 4.78 is 0. The summed E-state index contributed by atoms with van der Waals surface area (Å²) in [5.41, 5.74) is 0. The van der Waals surface area contributed by atoms with Crippen molar-refractivity contribution in [3.05, 3.63) is 0 Å². The molecule has 3 nitrogen and oxygen atoms in total. The number of aliphatic hydroxyl groups is 1. The molecule has 0 saturated carbocycles. The van der Waals surface area contributed by atoms with Crippen LogP contribution in [0, 0.1) is 0 Å². The lowest BCUT2D eigenvalue weighted by atomic mass is 10.1. The van der Waals surface area contributed by atoms with Crippen molar-refractivity contribution in [3.8, 4) is 0 Å². The third-order valence-electron chi connectivity index (χ3n) is 2.44. The maximum Gasteiger partial charge on any atom is 0.251 e. The Bertz CT molecular complexity index is 169. The van der Waals surface area contributed by atoms with Gasteiger partial charge in [0.05, 0.1) is 0 Å². The molecule has 2 aliphatic rings. The summed E-state index contributed by atoms with van der Waals surface area (Å²) >= 11 is 0. The third kappa shape index (κ3) is 0.669. The van der Waals surface area contributed by atoms with Gasteiger partial charge in [-0.1, -0.05) is 0 Å². The lowest BCUT2D eigenvalue weighted by molar-refractivity contribution is -0.134. The fraction of sp³-hybridized carbons (Fsp3) is 0.857. The van der Waals surface area contributed by atoms with Crippen molar-refractivity contribution in [1.29, 1.82) is 0 Å². The second-order valence-corrected chi connectivity index (χ2v) is 3.08. The van der Waals surface area contributed by atoms with E-state index < -0.39 is 6.10 Å². The van der Waals surface area contributed by atoms with Crippen LogP contribution >= 0.6 is 0 Å². The van der Waals surface area contributed by atoms with Gasteiger partial charge in [0.1, 0.15) is 6.10 Å². The average Bonchev–Trinajstić information content (AvgIpc) is 2.41. The molecule has 2 rings (SSSR count). The van der Waals surface area contributed by atoms with Gasteiger partial charge in [0.2, 0.25) is 0 Å². The number of carbonyl (C=O) groups excluding carboxylic acids is 1. The van der Waals surface area contributed by atoms with Crippen LogP contribution in [0.3, 0.4) is 0 Å². The Hall–Kier alpha value is -0.570. The highest BCUT2D eigenvalue weighted by Crippen LogP contribution is 2.28. The Morgan fingerprint density at radius 2 is 2.40 bits per heavy atom. The van der Waals surface area contributed by atoms with E-state index >= 15 is 0 Å². The topological polar surface area (TPSA) is 40.5 Å². The van der Waals surface area contributed by atoms with E-state index in [9.17, 15) is 4.79 Å². The lowest BCUT2D eigenvalue weighted by Gasteiger charge is -2.13. The molecule has 0 aromatic rings. The molecule has 0 aliphatic carbocycles. The molecule has 56 valence electrons. The van der Waals surface area contributed by atoms with Gasteiger partial charge in [0.15, 0.2) is 0 Å². The van der Waals surface area contributed by atoms with E-state index in [1.54, 1.807) is 0 Å². The molecule has 2 atom stereocenters. The zero-order chi connectivity index (χ0) is 7.14. The standard InChI is InChI=1S/C7H11NO2/c9-6-4-5-2-1-3-8(5)7(6)10/h5-6,9H,1-4H2. The Kier molecular flexibility index (Phi) is 1.20. The Balaban J connectivity index is 2.17. The van der Waals surface area contributed by atoms with Crippen molar-refractivity contribution in [2.24, 2.45) is 0 Å². The second-order valence-electron chi connectivity index (χ2n) is 3.08. The minimum absolute atomic E-state index is 0.0532. The number of nitrogens with zero attached hydrogens (tertiary/aromatic N) is 1. The SMILES string of the molecule is O=C1C(O)CC2CCCN12. The number of rotatable bonds is 0. The minimum Gasteiger partial charge on any atom is -0.383 e. The van der Waals surface area contributed by atoms with Crippen LogP contribution in [0.1, 0.15) is 19.3 Å². The van der Waals surface area contributed by atoms with E-state index in [2.05, 4.69) is 0 Å². The summed E-state index contributed by atoms with van der Waals surface area (Å²) in [6, 6.07) is 0.363. The number of amides is 1. The van der Waals surface area contributed by atoms with Gasteiger partial charge in [-0.2, -0.15) is 0 Å². The highest BCUT2D eigenvalue weighted by molar-refractivity contribution is 5.83. The highest BCUT2D eigenvalue weighted by Gasteiger charge is 2.40. The molecule has 2 fully saturated rings. The first-order chi connectivity index (χ1) is 4.79. The normalized spacial score (nSPS) is 38.9. The maximum atomic E-state index is 11.1. The predicted molar refractivity (Wildman–Crippen MR) is 35.4 cm³/mol. The van der Waals surface area contributed by atoms with Gasteiger partial charge in [0.25, 0.3) is 5.91 Å².